The van der Waals surface area contributed by atoms with E-state index in [0.29, 0.717) is 29.3 Å². The molecule has 0 atom stereocenters. The lowest BCUT2D eigenvalue weighted by Crippen LogP contribution is -2.12. The van der Waals surface area contributed by atoms with E-state index in [4.69, 9.17) is 18.0 Å². The Bertz CT molecular complexity index is 586. The average molecular weight is 275 g/mol. The van der Waals surface area contributed by atoms with Crippen molar-refractivity contribution >= 4 is 23.0 Å². The molecule has 0 unspecified atom stereocenters. The number of hydrogen-bond acceptors (Lipinski definition) is 3. The lowest BCUT2D eigenvalue weighted by atomic mass is 10.1. The number of pyridine rings is 1. The van der Waals surface area contributed by atoms with Gasteiger partial charge in [-0.2, -0.15) is 0 Å². The summed E-state index contributed by atoms with van der Waals surface area (Å²) < 4.78 is 13.4. The van der Waals surface area contributed by atoms with Gasteiger partial charge in [0.25, 0.3) is 0 Å². The third kappa shape index (κ3) is 3.72. The van der Waals surface area contributed by atoms with Crippen molar-refractivity contribution in [1.82, 2.24) is 4.98 Å². The van der Waals surface area contributed by atoms with E-state index >= 15 is 0 Å². The Balaban J connectivity index is 1.94. The lowest BCUT2D eigenvalue weighted by molar-refractivity contribution is 0.610. The standard InChI is InChI=1S/C14H14FN3S/c15-12-4-2-1-3-10(12)5-7-17-13-9-11(14(16)19)6-8-18-13/h1-4,6,8-9H,5,7H2,(H2,16,19)(H,17,18). The highest BCUT2D eigenvalue weighted by Gasteiger charge is 2.02. The van der Waals surface area contributed by atoms with E-state index < -0.39 is 0 Å². The highest BCUT2D eigenvalue weighted by Crippen LogP contribution is 2.09. The molecule has 2 aromatic rings. The second-order valence-electron chi connectivity index (χ2n) is 4.06. The molecule has 5 heteroatoms. The van der Waals surface area contributed by atoms with Crippen LogP contribution in [0, 0.1) is 5.82 Å². The molecule has 0 aliphatic rings. The van der Waals surface area contributed by atoms with Crippen LogP contribution in [0.4, 0.5) is 10.2 Å². The average Bonchev–Trinajstić information content (AvgIpc) is 2.41. The predicted octanol–water partition coefficient (Wildman–Crippen LogP) is 2.51. The Kier molecular flexibility index (Phi) is 4.41. The molecule has 1 aromatic carbocycles. The maximum Gasteiger partial charge on any atom is 0.126 e. The summed E-state index contributed by atoms with van der Waals surface area (Å²) in [6.45, 7) is 0.592. The van der Waals surface area contributed by atoms with Crippen LogP contribution in [0.3, 0.4) is 0 Å². The molecule has 19 heavy (non-hydrogen) atoms. The van der Waals surface area contributed by atoms with E-state index in [1.165, 1.54) is 6.07 Å². The number of nitrogens with zero attached hydrogens (tertiary/aromatic N) is 1. The topological polar surface area (TPSA) is 50.9 Å². The largest absolute Gasteiger partial charge is 0.389 e. The van der Waals surface area contributed by atoms with Gasteiger partial charge in [-0.05, 0) is 30.2 Å². The van der Waals surface area contributed by atoms with Crippen LogP contribution in [0.2, 0.25) is 0 Å². The van der Waals surface area contributed by atoms with Crippen LogP contribution >= 0.6 is 12.2 Å². The number of nitrogens with one attached hydrogen (secondary N) is 1. The van der Waals surface area contributed by atoms with Gasteiger partial charge in [-0.3, -0.25) is 0 Å². The number of hydrogen-bond donors (Lipinski definition) is 2. The molecule has 0 aliphatic carbocycles. The van der Waals surface area contributed by atoms with Crippen LogP contribution < -0.4 is 11.1 Å². The molecule has 0 saturated heterocycles. The first-order chi connectivity index (χ1) is 9.16. The summed E-state index contributed by atoms with van der Waals surface area (Å²) in [7, 11) is 0. The second kappa shape index (κ2) is 6.24. The van der Waals surface area contributed by atoms with Crippen LogP contribution in [-0.2, 0) is 6.42 Å². The van der Waals surface area contributed by atoms with E-state index in [2.05, 4.69) is 10.3 Å². The van der Waals surface area contributed by atoms with E-state index in [9.17, 15) is 4.39 Å². The molecule has 0 aliphatic heterocycles. The number of thiocarbonyl (C=S) groups is 1. The van der Waals surface area contributed by atoms with Crippen molar-refractivity contribution in [3.63, 3.8) is 0 Å². The van der Waals surface area contributed by atoms with Gasteiger partial charge in [0, 0.05) is 18.3 Å². The highest BCUT2D eigenvalue weighted by molar-refractivity contribution is 7.80. The molecule has 98 valence electrons. The maximum absolute atomic E-state index is 13.4. The number of nitrogens with two attached hydrogens (primary N) is 1. The van der Waals surface area contributed by atoms with Crippen molar-refractivity contribution in [1.29, 1.82) is 0 Å². The first kappa shape index (κ1) is 13.4. The molecule has 0 fully saturated rings. The number of benzene rings is 1. The molecule has 0 radical (unpaired) electrons. The highest BCUT2D eigenvalue weighted by atomic mass is 32.1. The molecule has 0 spiro atoms. The number of rotatable bonds is 5. The van der Waals surface area contributed by atoms with Crippen molar-refractivity contribution in [2.45, 2.75) is 6.42 Å². The fourth-order valence-corrected chi connectivity index (χ4v) is 1.83. The van der Waals surface area contributed by atoms with Gasteiger partial charge in [0.05, 0.1) is 0 Å². The van der Waals surface area contributed by atoms with Crippen LogP contribution in [-0.4, -0.2) is 16.5 Å². The summed E-state index contributed by atoms with van der Waals surface area (Å²) in [5, 5.41) is 3.12. The summed E-state index contributed by atoms with van der Waals surface area (Å²) in [5.74, 6) is 0.496. The van der Waals surface area contributed by atoms with Gasteiger partial charge in [0.1, 0.15) is 16.6 Å². The minimum atomic E-state index is -0.186. The van der Waals surface area contributed by atoms with Crippen molar-refractivity contribution < 1.29 is 4.39 Å². The first-order valence-corrected chi connectivity index (χ1v) is 6.31. The first-order valence-electron chi connectivity index (χ1n) is 5.90. The quantitative estimate of drug-likeness (QED) is 0.823. The van der Waals surface area contributed by atoms with Crippen molar-refractivity contribution in [3.8, 4) is 0 Å². The summed E-state index contributed by atoms with van der Waals surface area (Å²) >= 11 is 4.90. The lowest BCUT2D eigenvalue weighted by Gasteiger charge is -2.07. The molecule has 1 aromatic heterocycles. The van der Waals surface area contributed by atoms with Gasteiger partial charge >= 0.3 is 0 Å². The van der Waals surface area contributed by atoms with Crippen LogP contribution in [0.1, 0.15) is 11.1 Å². The zero-order chi connectivity index (χ0) is 13.7. The molecular formula is C14H14FN3S. The van der Waals surface area contributed by atoms with E-state index in [1.807, 2.05) is 6.07 Å². The minimum absolute atomic E-state index is 0.186. The Morgan fingerprint density at radius 1 is 1.32 bits per heavy atom. The zero-order valence-electron chi connectivity index (χ0n) is 10.3. The van der Waals surface area contributed by atoms with Gasteiger partial charge in [-0.25, -0.2) is 9.37 Å². The summed E-state index contributed by atoms with van der Waals surface area (Å²) in [6.07, 6.45) is 2.23. The Hall–Kier alpha value is -2.01. The molecule has 3 nitrogen and oxygen atoms in total. The summed E-state index contributed by atoms with van der Waals surface area (Å²) in [4.78, 5) is 4.49. The number of halogens is 1. The van der Waals surface area contributed by atoms with Crippen molar-refractivity contribution in [3.05, 3.63) is 59.5 Å². The van der Waals surface area contributed by atoms with Crippen LogP contribution in [0.25, 0.3) is 0 Å². The monoisotopic (exact) mass is 275 g/mol. The number of aromatic nitrogens is 1. The van der Waals surface area contributed by atoms with Gasteiger partial charge in [-0.15, -0.1) is 0 Å². The molecule has 2 rings (SSSR count). The Morgan fingerprint density at radius 3 is 2.84 bits per heavy atom. The minimum Gasteiger partial charge on any atom is -0.389 e. The fourth-order valence-electron chi connectivity index (χ4n) is 1.71. The summed E-state index contributed by atoms with van der Waals surface area (Å²) in [5.41, 5.74) is 6.99. The molecular weight excluding hydrogens is 261 g/mol. The van der Waals surface area contributed by atoms with Crippen LogP contribution in [0.5, 0.6) is 0 Å². The normalized spacial score (nSPS) is 10.2. The van der Waals surface area contributed by atoms with Crippen molar-refractivity contribution in [2.75, 3.05) is 11.9 Å². The van der Waals surface area contributed by atoms with Crippen molar-refractivity contribution in [2.24, 2.45) is 5.73 Å². The number of anilines is 1. The van der Waals surface area contributed by atoms with Gasteiger partial charge in [0.2, 0.25) is 0 Å². The van der Waals surface area contributed by atoms with Gasteiger partial charge in [-0.1, -0.05) is 30.4 Å². The molecule has 3 N–H and O–H groups in total. The molecule has 0 bridgehead atoms. The SMILES string of the molecule is NC(=S)c1ccnc(NCCc2ccccc2F)c1. The third-order valence-electron chi connectivity index (χ3n) is 2.70. The molecule has 0 saturated carbocycles. The maximum atomic E-state index is 13.4. The third-order valence-corrected chi connectivity index (χ3v) is 2.94. The zero-order valence-corrected chi connectivity index (χ0v) is 11.1. The van der Waals surface area contributed by atoms with E-state index in [1.54, 1.807) is 30.5 Å². The molecule has 0 amide bonds. The fraction of sp³-hybridized carbons (Fsp3) is 0.143. The van der Waals surface area contributed by atoms with Gasteiger partial charge < -0.3 is 11.1 Å². The summed E-state index contributed by atoms with van der Waals surface area (Å²) in [6, 6.07) is 10.3. The smallest absolute Gasteiger partial charge is 0.126 e. The van der Waals surface area contributed by atoms with Gasteiger partial charge in [0.15, 0.2) is 0 Å². The second-order valence-corrected chi connectivity index (χ2v) is 4.50. The predicted molar refractivity (Wildman–Crippen MR) is 78.7 cm³/mol. The molecule has 1 heterocycles. The Morgan fingerprint density at radius 2 is 2.11 bits per heavy atom. The van der Waals surface area contributed by atoms with E-state index in [-0.39, 0.29) is 5.82 Å². The van der Waals surface area contributed by atoms with E-state index in [0.717, 1.165) is 5.56 Å². The Labute approximate surface area is 116 Å². The van der Waals surface area contributed by atoms with Crippen LogP contribution in [0.15, 0.2) is 42.6 Å².